The molecule has 1 aromatic heterocycles. The van der Waals surface area contributed by atoms with E-state index in [2.05, 4.69) is 14.8 Å². The molecule has 0 spiro atoms. The average molecular weight is 595 g/mol. The van der Waals surface area contributed by atoms with Crippen LogP contribution in [0, 0.1) is 17.7 Å². The molecule has 0 radical (unpaired) electrons. The molecular formula is C34H41F3N4O2. The number of hydrogen-bond donors (Lipinski definition) is 1. The number of carboxylic acids is 1. The van der Waals surface area contributed by atoms with Gasteiger partial charge in [0.1, 0.15) is 11.9 Å². The van der Waals surface area contributed by atoms with E-state index >= 15 is 0 Å². The van der Waals surface area contributed by atoms with Gasteiger partial charge in [-0.15, -0.1) is 0 Å². The minimum Gasteiger partial charge on any atom is -0.480 e. The first-order chi connectivity index (χ1) is 20.8. The van der Waals surface area contributed by atoms with Crippen molar-refractivity contribution < 1.29 is 23.1 Å². The molecule has 1 N–H and O–H groups in total. The Balaban J connectivity index is 1.13. The lowest BCUT2D eigenvalue weighted by Gasteiger charge is -2.35. The summed E-state index contributed by atoms with van der Waals surface area (Å²) in [6.45, 7) is 3.55. The van der Waals surface area contributed by atoms with Crippen LogP contribution in [-0.4, -0.2) is 69.2 Å². The van der Waals surface area contributed by atoms with Crippen LogP contribution in [0.5, 0.6) is 0 Å². The zero-order valence-electron chi connectivity index (χ0n) is 24.5. The van der Waals surface area contributed by atoms with E-state index in [1.807, 2.05) is 36.4 Å². The molecule has 6 nitrogen and oxygen atoms in total. The zero-order valence-corrected chi connectivity index (χ0v) is 24.5. The van der Waals surface area contributed by atoms with E-state index in [1.165, 1.54) is 12.5 Å². The summed E-state index contributed by atoms with van der Waals surface area (Å²) < 4.78 is 44.0. The maximum atomic E-state index is 14.3. The lowest BCUT2D eigenvalue weighted by atomic mass is 9.80. The Kier molecular flexibility index (Phi) is 9.19. The summed E-state index contributed by atoms with van der Waals surface area (Å²) >= 11 is 0. The number of carboxylic acid groups (broad SMARTS) is 1. The number of imidazole rings is 1. The van der Waals surface area contributed by atoms with Gasteiger partial charge in [0.2, 0.25) is 0 Å². The highest BCUT2D eigenvalue weighted by atomic mass is 19.3. The summed E-state index contributed by atoms with van der Waals surface area (Å²) in [6, 6.07) is 15.9. The monoisotopic (exact) mass is 594 g/mol. The van der Waals surface area contributed by atoms with Gasteiger partial charge in [-0.3, -0.25) is 9.69 Å². The number of halogens is 3. The van der Waals surface area contributed by atoms with Gasteiger partial charge in [-0.05, 0) is 54.4 Å². The molecule has 2 saturated heterocycles. The molecule has 9 heteroatoms. The fourth-order valence-electron chi connectivity index (χ4n) is 7.43. The topological polar surface area (TPSA) is 61.6 Å². The first kappa shape index (κ1) is 29.9. The highest BCUT2D eigenvalue weighted by molar-refractivity contribution is 5.73. The van der Waals surface area contributed by atoms with E-state index in [1.54, 1.807) is 22.9 Å². The predicted molar refractivity (Wildman–Crippen MR) is 159 cm³/mol. The van der Waals surface area contributed by atoms with Gasteiger partial charge in [-0.2, -0.15) is 0 Å². The lowest BCUT2D eigenvalue weighted by Crippen LogP contribution is -2.43. The molecule has 6 rings (SSSR count). The highest BCUT2D eigenvalue weighted by Crippen LogP contribution is 2.39. The number of likely N-dealkylation sites (tertiary alicyclic amines) is 2. The summed E-state index contributed by atoms with van der Waals surface area (Å²) in [6.07, 6.45) is 5.20. The normalized spacial score (nSPS) is 23.1. The van der Waals surface area contributed by atoms with Crippen molar-refractivity contribution in [2.45, 2.75) is 69.4 Å². The number of piperidine rings is 1. The van der Waals surface area contributed by atoms with Gasteiger partial charge in [-0.1, -0.05) is 61.7 Å². The van der Waals surface area contributed by atoms with Gasteiger partial charge >= 0.3 is 5.97 Å². The van der Waals surface area contributed by atoms with Crippen LogP contribution >= 0.6 is 0 Å². The molecule has 1 aliphatic carbocycles. The summed E-state index contributed by atoms with van der Waals surface area (Å²) in [4.78, 5) is 21.1. The average Bonchev–Trinajstić information content (AvgIpc) is 3.58. The van der Waals surface area contributed by atoms with Crippen molar-refractivity contribution in [3.8, 4) is 0 Å². The van der Waals surface area contributed by atoms with Crippen molar-refractivity contribution in [3.05, 3.63) is 89.3 Å². The first-order valence-electron chi connectivity index (χ1n) is 15.7. The Bertz CT molecular complexity index is 1370. The quantitative estimate of drug-likeness (QED) is 0.273. The Morgan fingerprint density at radius 1 is 1.00 bits per heavy atom. The number of aromatic nitrogens is 2. The SMILES string of the molecule is O=C(O)C(CC1CCC1)N1C[C@H](CN2CCC(n3cc(Cc4ccccc4)nc3C(F)F)CC2)[C@@H](c2cccc(F)c2)C1. The van der Waals surface area contributed by atoms with Crippen molar-refractivity contribution >= 4 is 5.97 Å². The summed E-state index contributed by atoms with van der Waals surface area (Å²) in [5.74, 6) is -0.538. The van der Waals surface area contributed by atoms with E-state index in [-0.39, 0.29) is 29.5 Å². The molecule has 0 amide bonds. The number of aliphatic carboxylic acids is 1. The zero-order chi connectivity index (χ0) is 29.9. The van der Waals surface area contributed by atoms with Crippen LogP contribution in [0.2, 0.25) is 0 Å². The fraction of sp³-hybridized carbons (Fsp3) is 0.529. The van der Waals surface area contributed by atoms with Crippen LogP contribution in [-0.2, 0) is 11.2 Å². The molecule has 2 aromatic carbocycles. The van der Waals surface area contributed by atoms with Gasteiger partial charge < -0.3 is 14.6 Å². The van der Waals surface area contributed by atoms with Crippen LogP contribution in [0.1, 0.15) is 79.6 Å². The molecule has 3 atom stereocenters. The summed E-state index contributed by atoms with van der Waals surface area (Å²) in [7, 11) is 0. The van der Waals surface area contributed by atoms with E-state index in [0.29, 0.717) is 37.5 Å². The van der Waals surface area contributed by atoms with Crippen LogP contribution in [0.4, 0.5) is 13.2 Å². The fourth-order valence-corrected chi connectivity index (χ4v) is 7.43. The van der Waals surface area contributed by atoms with Gasteiger partial charge in [0.05, 0.1) is 5.69 Å². The molecular weight excluding hydrogens is 553 g/mol. The van der Waals surface area contributed by atoms with Gasteiger partial charge in [0, 0.05) is 57.3 Å². The molecule has 0 bridgehead atoms. The second-order valence-electron chi connectivity index (χ2n) is 12.8. The molecule has 3 heterocycles. The molecule has 3 aromatic rings. The molecule has 43 heavy (non-hydrogen) atoms. The van der Waals surface area contributed by atoms with Crippen molar-refractivity contribution in [1.82, 2.24) is 19.4 Å². The van der Waals surface area contributed by atoms with Gasteiger partial charge in [0.15, 0.2) is 5.82 Å². The third-order valence-corrected chi connectivity index (χ3v) is 9.93. The van der Waals surface area contributed by atoms with Crippen molar-refractivity contribution in [1.29, 1.82) is 0 Å². The molecule has 1 saturated carbocycles. The van der Waals surface area contributed by atoms with Gasteiger partial charge in [0.25, 0.3) is 6.43 Å². The number of nitrogens with zero attached hydrogens (tertiary/aromatic N) is 4. The van der Waals surface area contributed by atoms with E-state index in [9.17, 15) is 23.1 Å². The molecule has 2 aliphatic heterocycles. The molecule has 1 unspecified atom stereocenters. The predicted octanol–water partition coefficient (Wildman–Crippen LogP) is 6.55. The van der Waals surface area contributed by atoms with Crippen LogP contribution in [0.15, 0.2) is 60.8 Å². The third kappa shape index (κ3) is 6.99. The van der Waals surface area contributed by atoms with Crippen molar-refractivity contribution in [3.63, 3.8) is 0 Å². The van der Waals surface area contributed by atoms with Gasteiger partial charge in [-0.25, -0.2) is 18.2 Å². The lowest BCUT2D eigenvalue weighted by molar-refractivity contribution is -0.144. The molecule has 230 valence electrons. The van der Waals surface area contributed by atoms with E-state index in [0.717, 1.165) is 56.4 Å². The Morgan fingerprint density at radius 2 is 1.77 bits per heavy atom. The number of rotatable bonds is 11. The number of carbonyl (C=O) groups is 1. The van der Waals surface area contributed by atoms with Crippen LogP contribution in [0.25, 0.3) is 0 Å². The number of alkyl halides is 2. The van der Waals surface area contributed by atoms with E-state index in [4.69, 9.17) is 0 Å². The smallest absolute Gasteiger partial charge is 0.320 e. The second kappa shape index (κ2) is 13.2. The maximum Gasteiger partial charge on any atom is 0.320 e. The Labute approximate surface area is 251 Å². The summed E-state index contributed by atoms with van der Waals surface area (Å²) in [5, 5.41) is 10.1. The molecule has 3 fully saturated rings. The second-order valence-corrected chi connectivity index (χ2v) is 12.8. The van der Waals surface area contributed by atoms with E-state index < -0.39 is 18.4 Å². The number of hydrogen-bond acceptors (Lipinski definition) is 4. The van der Waals surface area contributed by atoms with Crippen LogP contribution < -0.4 is 0 Å². The summed E-state index contributed by atoms with van der Waals surface area (Å²) in [5.41, 5.74) is 2.61. The minimum atomic E-state index is -2.64. The molecule has 3 aliphatic rings. The van der Waals surface area contributed by atoms with Crippen LogP contribution in [0.3, 0.4) is 0 Å². The maximum absolute atomic E-state index is 14.3. The van der Waals surface area contributed by atoms with Crippen molar-refractivity contribution in [2.24, 2.45) is 11.8 Å². The highest BCUT2D eigenvalue weighted by Gasteiger charge is 2.41. The number of benzene rings is 2. The largest absolute Gasteiger partial charge is 0.480 e. The third-order valence-electron chi connectivity index (χ3n) is 9.93. The minimum absolute atomic E-state index is 0.0382. The first-order valence-corrected chi connectivity index (χ1v) is 15.7. The van der Waals surface area contributed by atoms with Crippen molar-refractivity contribution in [2.75, 3.05) is 32.7 Å². The Hall–Kier alpha value is -3.17. The standard InChI is InChI=1S/C34H41F3N4O2/c35-27-11-5-10-25(18-27)30-22-40(31(34(42)43)17-24-8-4-9-24)20-26(30)19-39-14-12-29(13-15-39)41-21-28(38-33(41)32(36)37)16-23-6-2-1-3-7-23/h1-3,5-7,10-11,18,21,24,26,29-32H,4,8-9,12-17,19-20,22H2,(H,42,43)/t26-,30+,31?/m0/s1. The Morgan fingerprint density at radius 3 is 2.42 bits per heavy atom.